The van der Waals surface area contributed by atoms with Gasteiger partial charge in [-0.15, -0.1) is 0 Å². The summed E-state index contributed by atoms with van der Waals surface area (Å²) in [6.45, 7) is 10.0. The van der Waals surface area contributed by atoms with Gasteiger partial charge in [0.2, 0.25) is 5.91 Å². The number of benzene rings is 1. The van der Waals surface area contributed by atoms with Crippen molar-refractivity contribution in [3.05, 3.63) is 53.3 Å². The van der Waals surface area contributed by atoms with Crippen molar-refractivity contribution in [1.82, 2.24) is 19.6 Å². The first kappa shape index (κ1) is 22.0. The van der Waals surface area contributed by atoms with Gasteiger partial charge in [-0.25, -0.2) is 0 Å². The summed E-state index contributed by atoms with van der Waals surface area (Å²) in [5, 5.41) is 4.40. The van der Waals surface area contributed by atoms with Crippen LogP contribution in [0.4, 0.5) is 0 Å². The summed E-state index contributed by atoms with van der Waals surface area (Å²) in [7, 11) is 0. The standard InChI is InChI=1S/C25H36N4O2/c1-20-6-3-4-7-23(20)17-27-12-10-22(11-13-27)16-28(18-24-8-5-15-31-24)25(30)19-29-14-9-21(2)26-29/h3-4,6-7,9,14,22,24H,5,8,10-13,15-19H2,1-2H3. The van der Waals surface area contributed by atoms with Crippen molar-refractivity contribution in [2.24, 2.45) is 5.92 Å². The van der Waals surface area contributed by atoms with E-state index in [1.807, 2.05) is 19.2 Å². The predicted molar refractivity (Wildman–Crippen MR) is 122 cm³/mol. The van der Waals surface area contributed by atoms with E-state index >= 15 is 0 Å². The molecule has 0 aliphatic carbocycles. The number of likely N-dealkylation sites (tertiary alicyclic amines) is 1. The number of ether oxygens (including phenoxy) is 1. The van der Waals surface area contributed by atoms with E-state index < -0.39 is 0 Å². The Kier molecular flexibility index (Phi) is 7.41. The summed E-state index contributed by atoms with van der Waals surface area (Å²) < 4.78 is 7.60. The number of nitrogens with zero attached hydrogens (tertiary/aromatic N) is 4. The monoisotopic (exact) mass is 424 g/mol. The molecule has 1 atom stereocenters. The number of carbonyl (C=O) groups is 1. The molecule has 0 spiro atoms. The predicted octanol–water partition coefficient (Wildman–Crippen LogP) is 3.42. The zero-order valence-corrected chi connectivity index (χ0v) is 19.0. The lowest BCUT2D eigenvalue weighted by molar-refractivity contribution is -0.134. The molecule has 0 radical (unpaired) electrons. The van der Waals surface area contributed by atoms with Crippen molar-refractivity contribution < 1.29 is 9.53 Å². The van der Waals surface area contributed by atoms with Crippen LogP contribution < -0.4 is 0 Å². The molecule has 6 heteroatoms. The van der Waals surface area contributed by atoms with E-state index in [1.54, 1.807) is 4.68 Å². The number of amides is 1. The SMILES string of the molecule is Cc1ccn(CC(=O)N(CC2CCN(Cc3ccccc3C)CC2)CC2CCCO2)n1. The fourth-order valence-corrected chi connectivity index (χ4v) is 4.77. The topological polar surface area (TPSA) is 50.6 Å². The first-order valence-electron chi connectivity index (χ1n) is 11.7. The van der Waals surface area contributed by atoms with Crippen LogP contribution in [0, 0.1) is 19.8 Å². The molecule has 4 rings (SSSR count). The van der Waals surface area contributed by atoms with Crippen LogP contribution in [0.25, 0.3) is 0 Å². The van der Waals surface area contributed by atoms with Gasteiger partial charge in [0.25, 0.3) is 0 Å². The largest absolute Gasteiger partial charge is 0.376 e. The quantitative estimate of drug-likeness (QED) is 0.652. The van der Waals surface area contributed by atoms with E-state index in [-0.39, 0.29) is 12.0 Å². The summed E-state index contributed by atoms with van der Waals surface area (Å²) in [6, 6.07) is 10.6. The molecule has 2 fully saturated rings. The first-order valence-corrected chi connectivity index (χ1v) is 11.7. The van der Waals surface area contributed by atoms with E-state index in [4.69, 9.17) is 4.74 Å². The molecule has 1 amide bonds. The fourth-order valence-electron chi connectivity index (χ4n) is 4.77. The highest BCUT2D eigenvalue weighted by Gasteiger charge is 2.27. The molecule has 31 heavy (non-hydrogen) atoms. The zero-order chi connectivity index (χ0) is 21.6. The van der Waals surface area contributed by atoms with Gasteiger partial charge in [-0.3, -0.25) is 14.4 Å². The summed E-state index contributed by atoms with van der Waals surface area (Å²) in [5.41, 5.74) is 3.73. The van der Waals surface area contributed by atoms with Gasteiger partial charge in [0.1, 0.15) is 6.54 Å². The minimum atomic E-state index is 0.154. The molecule has 1 aromatic carbocycles. The second kappa shape index (κ2) is 10.4. The molecule has 3 heterocycles. The summed E-state index contributed by atoms with van der Waals surface area (Å²) in [6.07, 6.45) is 6.51. The highest BCUT2D eigenvalue weighted by atomic mass is 16.5. The number of hydrogen-bond acceptors (Lipinski definition) is 4. The number of hydrogen-bond donors (Lipinski definition) is 0. The molecule has 2 saturated heterocycles. The molecular formula is C25H36N4O2. The molecule has 2 aliphatic heterocycles. The lowest BCUT2D eigenvalue weighted by atomic mass is 9.95. The highest BCUT2D eigenvalue weighted by Crippen LogP contribution is 2.22. The van der Waals surface area contributed by atoms with Crippen LogP contribution in [0.3, 0.4) is 0 Å². The Morgan fingerprint density at radius 2 is 1.94 bits per heavy atom. The number of aryl methyl sites for hydroxylation is 2. The van der Waals surface area contributed by atoms with Gasteiger partial charge in [-0.1, -0.05) is 24.3 Å². The molecule has 1 aromatic heterocycles. The second-order valence-electron chi connectivity index (χ2n) is 9.23. The van der Waals surface area contributed by atoms with Gasteiger partial charge in [0.15, 0.2) is 0 Å². The van der Waals surface area contributed by atoms with Gasteiger partial charge >= 0.3 is 0 Å². The van der Waals surface area contributed by atoms with Crippen LogP contribution in [-0.4, -0.2) is 64.4 Å². The van der Waals surface area contributed by atoms with Crippen molar-refractivity contribution in [2.75, 3.05) is 32.8 Å². The Balaban J connectivity index is 1.32. The third-order valence-corrected chi connectivity index (χ3v) is 6.71. The Morgan fingerprint density at radius 3 is 2.61 bits per heavy atom. The average molecular weight is 425 g/mol. The van der Waals surface area contributed by atoms with Crippen molar-refractivity contribution in [3.8, 4) is 0 Å². The van der Waals surface area contributed by atoms with E-state index in [2.05, 4.69) is 46.1 Å². The molecule has 0 bridgehead atoms. The third kappa shape index (κ3) is 6.17. The lowest BCUT2D eigenvalue weighted by Crippen LogP contribution is -2.44. The molecule has 1 unspecified atom stereocenters. The van der Waals surface area contributed by atoms with E-state index in [1.165, 1.54) is 11.1 Å². The Hall–Kier alpha value is -2.18. The van der Waals surface area contributed by atoms with Gasteiger partial charge in [0, 0.05) is 32.4 Å². The molecule has 0 saturated carbocycles. The maximum atomic E-state index is 13.1. The van der Waals surface area contributed by atoms with Crippen molar-refractivity contribution in [2.45, 2.75) is 58.7 Å². The summed E-state index contributed by atoms with van der Waals surface area (Å²) in [5.74, 6) is 0.707. The van der Waals surface area contributed by atoms with Crippen LogP contribution in [-0.2, 0) is 22.6 Å². The minimum absolute atomic E-state index is 0.154. The third-order valence-electron chi connectivity index (χ3n) is 6.71. The van der Waals surface area contributed by atoms with Gasteiger partial charge in [0.05, 0.1) is 11.8 Å². The second-order valence-corrected chi connectivity index (χ2v) is 9.23. The maximum Gasteiger partial charge on any atom is 0.244 e. The molecule has 168 valence electrons. The summed E-state index contributed by atoms with van der Waals surface area (Å²) in [4.78, 5) is 17.7. The Morgan fingerprint density at radius 1 is 1.13 bits per heavy atom. The number of rotatable bonds is 8. The zero-order valence-electron chi connectivity index (χ0n) is 19.0. The highest BCUT2D eigenvalue weighted by molar-refractivity contribution is 5.76. The number of carbonyl (C=O) groups excluding carboxylic acids is 1. The van der Waals surface area contributed by atoms with Gasteiger partial charge in [-0.05, 0) is 75.7 Å². The van der Waals surface area contributed by atoms with E-state index in [0.717, 1.165) is 64.2 Å². The molecule has 0 N–H and O–H groups in total. The first-order chi connectivity index (χ1) is 15.1. The van der Waals surface area contributed by atoms with Crippen LogP contribution in [0.15, 0.2) is 36.5 Å². The molecule has 2 aromatic rings. The van der Waals surface area contributed by atoms with Gasteiger partial charge < -0.3 is 9.64 Å². The van der Waals surface area contributed by atoms with Crippen LogP contribution in [0.1, 0.15) is 42.5 Å². The van der Waals surface area contributed by atoms with Gasteiger partial charge in [-0.2, -0.15) is 5.10 Å². The van der Waals surface area contributed by atoms with Crippen LogP contribution in [0.2, 0.25) is 0 Å². The molecule has 6 nitrogen and oxygen atoms in total. The number of piperidine rings is 1. The maximum absolute atomic E-state index is 13.1. The number of aromatic nitrogens is 2. The van der Waals surface area contributed by atoms with Crippen LogP contribution >= 0.6 is 0 Å². The molecule has 2 aliphatic rings. The van der Waals surface area contributed by atoms with Crippen molar-refractivity contribution in [3.63, 3.8) is 0 Å². The fraction of sp³-hybridized carbons (Fsp3) is 0.600. The van der Waals surface area contributed by atoms with E-state index in [0.29, 0.717) is 19.0 Å². The lowest BCUT2D eigenvalue weighted by Gasteiger charge is -2.35. The normalized spacial score (nSPS) is 20.3. The van der Waals surface area contributed by atoms with Crippen molar-refractivity contribution >= 4 is 5.91 Å². The summed E-state index contributed by atoms with van der Waals surface area (Å²) >= 11 is 0. The van der Waals surface area contributed by atoms with E-state index in [9.17, 15) is 4.79 Å². The Bertz CT molecular complexity index is 851. The van der Waals surface area contributed by atoms with Crippen molar-refractivity contribution in [1.29, 1.82) is 0 Å². The van der Waals surface area contributed by atoms with Crippen LogP contribution in [0.5, 0.6) is 0 Å². The minimum Gasteiger partial charge on any atom is -0.376 e. The molecular weight excluding hydrogens is 388 g/mol. The Labute approximate surface area is 186 Å². The average Bonchev–Trinajstić information content (AvgIpc) is 3.42. The smallest absolute Gasteiger partial charge is 0.244 e.